The van der Waals surface area contributed by atoms with Crippen LogP contribution in [0.2, 0.25) is 5.02 Å². The summed E-state index contributed by atoms with van der Waals surface area (Å²) in [5.74, 6) is -0.561. The third-order valence-corrected chi connectivity index (χ3v) is 2.74. The molecule has 5 nitrogen and oxygen atoms in total. The van der Waals surface area contributed by atoms with Gasteiger partial charge in [0.2, 0.25) is 0 Å². The zero-order valence-electron chi connectivity index (χ0n) is 9.56. The van der Waals surface area contributed by atoms with Crippen LogP contribution in [-0.4, -0.2) is 4.92 Å². The summed E-state index contributed by atoms with van der Waals surface area (Å²) < 4.78 is 13.0. The van der Waals surface area contributed by atoms with E-state index in [0.717, 1.165) is 0 Å². The molecule has 0 spiro atoms. The number of nitro groups is 1. The standard InChI is InChI=1S/C12H9ClFN3O2/c13-8-6-7(4-5-9(8)14)16-11-3-1-2-10(15)12(11)17(18)19/h1-6,16H,15H2. The quantitative estimate of drug-likeness (QED) is 0.510. The van der Waals surface area contributed by atoms with Gasteiger partial charge >= 0.3 is 5.69 Å². The van der Waals surface area contributed by atoms with Gasteiger partial charge in [-0.2, -0.15) is 0 Å². The second kappa shape index (κ2) is 5.11. The molecule has 0 radical (unpaired) electrons. The monoisotopic (exact) mass is 281 g/mol. The van der Waals surface area contributed by atoms with E-state index in [4.69, 9.17) is 17.3 Å². The van der Waals surface area contributed by atoms with Gasteiger partial charge in [0.25, 0.3) is 0 Å². The molecule has 0 fully saturated rings. The molecule has 0 aliphatic heterocycles. The summed E-state index contributed by atoms with van der Waals surface area (Å²) in [6.07, 6.45) is 0. The van der Waals surface area contributed by atoms with E-state index in [1.165, 1.54) is 30.3 Å². The molecule has 0 aromatic heterocycles. The molecule has 2 aromatic rings. The van der Waals surface area contributed by atoms with Crippen LogP contribution in [0.1, 0.15) is 0 Å². The minimum absolute atomic E-state index is 0.0446. The molecule has 3 N–H and O–H groups in total. The van der Waals surface area contributed by atoms with Gasteiger partial charge in [-0.15, -0.1) is 0 Å². The zero-order valence-corrected chi connectivity index (χ0v) is 10.3. The lowest BCUT2D eigenvalue weighted by Gasteiger charge is -2.08. The van der Waals surface area contributed by atoms with Crippen molar-refractivity contribution in [1.82, 2.24) is 0 Å². The summed E-state index contributed by atoms with van der Waals surface area (Å²) in [7, 11) is 0. The first-order chi connectivity index (χ1) is 8.99. The minimum atomic E-state index is -0.581. The molecular formula is C12H9ClFN3O2. The number of nitrogens with one attached hydrogen (secondary N) is 1. The van der Waals surface area contributed by atoms with Crippen LogP contribution in [0, 0.1) is 15.9 Å². The molecule has 19 heavy (non-hydrogen) atoms. The highest BCUT2D eigenvalue weighted by atomic mass is 35.5. The Morgan fingerprint density at radius 2 is 2.05 bits per heavy atom. The fourth-order valence-electron chi connectivity index (χ4n) is 1.60. The fraction of sp³-hybridized carbons (Fsp3) is 0. The van der Waals surface area contributed by atoms with E-state index in [-0.39, 0.29) is 22.1 Å². The Bertz CT molecular complexity index is 649. The number of nitrogens with two attached hydrogens (primary N) is 1. The van der Waals surface area contributed by atoms with Crippen LogP contribution in [0.15, 0.2) is 36.4 Å². The van der Waals surface area contributed by atoms with Crippen molar-refractivity contribution in [2.75, 3.05) is 11.1 Å². The summed E-state index contributed by atoms with van der Waals surface area (Å²) in [6, 6.07) is 8.45. The normalized spacial score (nSPS) is 10.2. The lowest BCUT2D eigenvalue weighted by molar-refractivity contribution is -0.383. The maximum atomic E-state index is 13.0. The highest BCUT2D eigenvalue weighted by molar-refractivity contribution is 6.31. The van der Waals surface area contributed by atoms with Crippen molar-refractivity contribution in [3.05, 3.63) is 57.4 Å². The number of rotatable bonds is 3. The zero-order chi connectivity index (χ0) is 14.0. The molecule has 0 atom stereocenters. The lowest BCUT2D eigenvalue weighted by Crippen LogP contribution is -2.01. The fourth-order valence-corrected chi connectivity index (χ4v) is 1.78. The van der Waals surface area contributed by atoms with E-state index in [2.05, 4.69) is 5.32 Å². The van der Waals surface area contributed by atoms with Crippen molar-refractivity contribution in [2.24, 2.45) is 0 Å². The van der Waals surface area contributed by atoms with Gasteiger partial charge in [-0.3, -0.25) is 10.1 Å². The topological polar surface area (TPSA) is 81.2 Å². The highest BCUT2D eigenvalue weighted by Gasteiger charge is 2.17. The van der Waals surface area contributed by atoms with E-state index in [1.807, 2.05) is 0 Å². The number of para-hydroxylation sites is 1. The van der Waals surface area contributed by atoms with Crippen LogP contribution in [0.5, 0.6) is 0 Å². The maximum Gasteiger partial charge on any atom is 0.315 e. The molecule has 98 valence electrons. The van der Waals surface area contributed by atoms with Gasteiger partial charge in [0.05, 0.1) is 9.95 Å². The molecule has 0 amide bonds. The summed E-state index contributed by atoms with van der Waals surface area (Å²) >= 11 is 5.64. The molecule has 2 rings (SSSR count). The first kappa shape index (κ1) is 13.1. The Morgan fingerprint density at radius 1 is 1.32 bits per heavy atom. The van der Waals surface area contributed by atoms with Crippen LogP contribution in [0.3, 0.4) is 0 Å². The van der Waals surface area contributed by atoms with Gasteiger partial charge in [-0.1, -0.05) is 17.7 Å². The molecular weight excluding hydrogens is 273 g/mol. The number of halogens is 2. The van der Waals surface area contributed by atoms with E-state index >= 15 is 0 Å². The van der Waals surface area contributed by atoms with Crippen LogP contribution in [0.25, 0.3) is 0 Å². The first-order valence-corrected chi connectivity index (χ1v) is 5.62. The number of anilines is 3. The van der Waals surface area contributed by atoms with Gasteiger partial charge in [0, 0.05) is 5.69 Å². The molecule has 0 unspecified atom stereocenters. The average Bonchev–Trinajstić information content (AvgIpc) is 2.33. The second-order valence-corrected chi connectivity index (χ2v) is 4.16. The SMILES string of the molecule is Nc1cccc(Nc2ccc(F)c(Cl)c2)c1[N+](=O)[O-]. The van der Waals surface area contributed by atoms with Gasteiger partial charge in [-0.25, -0.2) is 4.39 Å². The Kier molecular flexibility index (Phi) is 3.52. The summed E-state index contributed by atoms with van der Waals surface area (Å²) in [6.45, 7) is 0. The van der Waals surface area contributed by atoms with Crippen molar-refractivity contribution < 1.29 is 9.31 Å². The first-order valence-electron chi connectivity index (χ1n) is 5.24. The third kappa shape index (κ3) is 2.74. The third-order valence-electron chi connectivity index (χ3n) is 2.45. The minimum Gasteiger partial charge on any atom is -0.393 e. The van der Waals surface area contributed by atoms with Gasteiger partial charge in [0.15, 0.2) is 0 Å². The molecule has 0 aliphatic rings. The molecule has 2 aromatic carbocycles. The van der Waals surface area contributed by atoms with Crippen molar-refractivity contribution in [3.63, 3.8) is 0 Å². The summed E-state index contributed by atoms with van der Waals surface area (Å²) in [5.41, 5.74) is 6.02. The largest absolute Gasteiger partial charge is 0.393 e. The lowest BCUT2D eigenvalue weighted by atomic mass is 10.2. The molecule has 0 saturated carbocycles. The summed E-state index contributed by atoms with van der Waals surface area (Å²) in [4.78, 5) is 10.4. The predicted molar refractivity (Wildman–Crippen MR) is 72.2 cm³/mol. The van der Waals surface area contributed by atoms with Crippen LogP contribution >= 0.6 is 11.6 Å². The van der Waals surface area contributed by atoms with Crippen molar-refractivity contribution in [1.29, 1.82) is 0 Å². The van der Waals surface area contributed by atoms with Crippen LogP contribution in [0.4, 0.5) is 27.1 Å². The Hall–Kier alpha value is -2.34. The molecule has 7 heteroatoms. The summed E-state index contributed by atoms with van der Waals surface area (Å²) in [5, 5.41) is 13.7. The molecule has 0 saturated heterocycles. The number of nitrogens with zero attached hydrogens (tertiary/aromatic N) is 1. The number of nitrogen functional groups attached to an aromatic ring is 1. The Morgan fingerprint density at radius 3 is 2.68 bits per heavy atom. The molecule has 0 bridgehead atoms. The number of hydrogen-bond acceptors (Lipinski definition) is 4. The van der Waals surface area contributed by atoms with E-state index in [9.17, 15) is 14.5 Å². The van der Waals surface area contributed by atoms with Gasteiger partial charge < -0.3 is 11.1 Å². The molecule has 0 aliphatic carbocycles. The number of nitro benzene ring substituents is 1. The predicted octanol–water partition coefficient (Wildman–Crippen LogP) is 3.71. The van der Waals surface area contributed by atoms with E-state index in [1.54, 1.807) is 6.07 Å². The van der Waals surface area contributed by atoms with Gasteiger partial charge in [0.1, 0.15) is 17.2 Å². The van der Waals surface area contributed by atoms with Crippen molar-refractivity contribution in [2.45, 2.75) is 0 Å². The number of benzene rings is 2. The van der Waals surface area contributed by atoms with Crippen molar-refractivity contribution >= 4 is 34.4 Å². The average molecular weight is 282 g/mol. The van der Waals surface area contributed by atoms with E-state index in [0.29, 0.717) is 5.69 Å². The van der Waals surface area contributed by atoms with Crippen LogP contribution < -0.4 is 11.1 Å². The Balaban J connectivity index is 2.40. The highest BCUT2D eigenvalue weighted by Crippen LogP contribution is 2.33. The van der Waals surface area contributed by atoms with Gasteiger partial charge in [-0.05, 0) is 30.3 Å². The van der Waals surface area contributed by atoms with E-state index < -0.39 is 10.7 Å². The Labute approximate surface area is 113 Å². The molecule has 0 heterocycles. The maximum absolute atomic E-state index is 13.0. The smallest absolute Gasteiger partial charge is 0.315 e. The second-order valence-electron chi connectivity index (χ2n) is 3.75. The number of hydrogen-bond donors (Lipinski definition) is 2. The van der Waals surface area contributed by atoms with Crippen LogP contribution in [-0.2, 0) is 0 Å². The van der Waals surface area contributed by atoms with Crippen molar-refractivity contribution in [3.8, 4) is 0 Å².